The van der Waals surface area contributed by atoms with Crippen molar-refractivity contribution in [1.82, 2.24) is 19.9 Å². The molecule has 1 unspecified atom stereocenters. The van der Waals surface area contributed by atoms with Crippen molar-refractivity contribution in [3.05, 3.63) is 65.5 Å². The zero-order valence-corrected chi connectivity index (χ0v) is 11.3. The molecule has 0 radical (unpaired) electrons. The second-order valence-corrected chi connectivity index (χ2v) is 4.74. The fourth-order valence-electron chi connectivity index (χ4n) is 2.42. The minimum atomic E-state index is -0.190. The van der Waals surface area contributed by atoms with Crippen molar-refractivity contribution in [3.8, 4) is 0 Å². The smallest absolute Gasteiger partial charge is 0.126 e. The maximum absolute atomic E-state index is 13.4. The summed E-state index contributed by atoms with van der Waals surface area (Å²) in [7, 11) is 1.88. The molecule has 0 saturated heterocycles. The van der Waals surface area contributed by atoms with Crippen molar-refractivity contribution >= 4 is 5.52 Å². The normalized spacial score (nSPS) is 12.8. The molecule has 4 nitrogen and oxygen atoms in total. The third-order valence-corrected chi connectivity index (χ3v) is 3.47. The highest BCUT2D eigenvalue weighted by Crippen LogP contribution is 2.26. The molecular formula is C15H15FN4. The molecule has 0 aliphatic carbocycles. The Balaban J connectivity index is 2.11. The monoisotopic (exact) mass is 270 g/mol. The number of fused-ring (bicyclic) bond motifs is 1. The molecule has 3 rings (SSSR count). The predicted molar refractivity (Wildman–Crippen MR) is 75.0 cm³/mol. The topological polar surface area (TPSA) is 42.2 Å². The first-order chi connectivity index (χ1) is 9.70. The second kappa shape index (κ2) is 5.02. The zero-order valence-electron chi connectivity index (χ0n) is 11.3. The first-order valence-corrected chi connectivity index (χ1v) is 6.41. The lowest BCUT2D eigenvalue weighted by molar-refractivity contribution is 0.614. The Hall–Kier alpha value is -2.27. The van der Waals surface area contributed by atoms with Crippen molar-refractivity contribution < 1.29 is 4.39 Å². The van der Waals surface area contributed by atoms with Gasteiger partial charge in [-0.15, -0.1) is 0 Å². The van der Waals surface area contributed by atoms with Crippen LogP contribution in [0.1, 0.15) is 22.7 Å². The van der Waals surface area contributed by atoms with Crippen LogP contribution in [0, 0.1) is 12.7 Å². The molecule has 0 aliphatic heterocycles. The SMILES string of the molecule is CNC(c1ccc(F)c(C)c1)c1cnn2ccncc12. The average molecular weight is 270 g/mol. The van der Waals surface area contributed by atoms with Crippen LogP contribution in [0.15, 0.2) is 43.0 Å². The van der Waals surface area contributed by atoms with Gasteiger partial charge in [0.1, 0.15) is 5.82 Å². The summed E-state index contributed by atoms with van der Waals surface area (Å²) in [5.41, 5.74) is 3.60. The zero-order chi connectivity index (χ0) is 14.1. The van der Waals surface area contributed by atoms with Gasteiger partial charge in [-0.25, -0.2) is 8.91 Å². The Morgan fingerprint density at radius 3 is 2.90 bits per heavy atom. The van der Waals surface area contributed by atoms with E-state index in [0.29, 0.717) is 5.56 Å². The van der Waals surface area contributed by atoms with Gasteiger partial charge in [-0.05, 0) is 31.2 Å². The number of aromatic nitrogens is 3. The van der Waals surface area contributed by atoms with Crippen molar-refractivity contribution in [3.63, 3.8) is 0 Å². The maximum Gasteiger partial charge on any atom is 0.126 e. The quantitative estimate of drug-likeness (QED) is 0.795. The van der Waals surface area contributed by atoms with Gasteiger partial charge >= 0.3 is 0 Å². The van der Waals surface area contributed by atoms with Crippen LogP contribution in [0.25, 0.3) is 5.52 Å². The Bertz CT molecular complexity index is 750. The summed E-state index contributed by atoms with van der Waals surface area (Å²) in [6.45, 7) is 1.77. The minimum Gasteiger partial charge on any atom is -0.309 e. The molecular weight excluding hydrogens is 255 g/mol. The van der Waals surface area contributed by atoms with Crippen molar-refractivity contribution in [2.24, 2.45) is 0 Å². The van der Waals surface area contributed by atoms with E-state index >= 15 is 0 Å². The molecule has 2 aromatic heterocycles. The molecule has 0 aliphatic rings. The van der Waals surface area contributed by atoms with Crippen molar-refractivity contribution in [2.75, 3.05) is 7.05 Å². The molecule has 1 aromatic carbocycles. The molecule has 102 valence electrons. The van der Waals surface area contributed by atoms with E-state index in [1.165, 1.54) is 6.07 Å². The minimum absolute atomic E-state index is 0.0454. The first-order valence-electron chi connectivity index (χ1n) is 6.41. The van der Waals surface area contributed by atoms with Crippen LogP contribution in [0.3, 0.4) is 0 Å². The van der Waals surface area contributed by atoms with Gasteiger partial charge in [-0.1, -0.05) is 12.1 Å². The molecule has 20 heavy (non-hydrogen) atoms. The van der Waals surface area contributed by atoms with E-state index in [9.17, 15) is 4.39 Å². The lowest BCUT2D eigenvalue weighted by Crippen LogP contribution is -2.17. The number of rotatable bonds is 3. The molecule has 5 heteroatoms. The van der Waals surface area contributed by atoms with E-state index in [1.807, 2.05) is 25.5 Å². The van der Waals surface area contributed by atoms with Crippen LogP contribution in [-0.2, 0) is 0 Å². The van der Waals surface area contributed by atoms with E-state index in [4.69, 9.17) is 0 Å². The summed E-state index contributed by atoms with van der Waals surface area (Å²) in [6, 6.07) is 5.11. The van der Waals surface area contributed by atoms with E-state index in [0.717, 1.165) is 16.6 Å². The van der Waals surface area contributed by atoms with Gasteiger partial charge < -0.3 is 5.32 Å². The standard InChI is InChI=1S/C15H15FN4/c1-10-7-11(3-4-13(10)16)15(17-2)12-8-19-20-6-5-18-9-14(12)20/h3-9,15,17H,1-2H3. The van der Waals surface area contributed by atoms with Gasteiger partial charge in [0.25, 0.3) is 0 Å². The Morgan fingerprint density at radius 2 is 2.15 bits per heavy atom. The molecule has 0 saturated carbocycles. The molecule has 1 N–H and O–H groups in total. The summed E-state index contributed by atoms with van der Waals surface area (Å²) in [5, 5.41) is 7.57. The number of halogens is 1. The third kappa shape index (κ3) is 2.06. The molecule has 0 bridgehead atoms. The van der Waals surface area contributed by atoms with Crippen LogP contribution >= 0.6 is 0 Å². The predicted octanol–water partition coefficient (Wildman–Crippen LogP) is 2.49. The average Bonchev–Trinajstić information content (AvgIpc) is 2.88. The summed E-state index contributed by atoms with van der Waals surface area (Å²) in [5.74, 6) is -0.190. The largest absolute Gasteiger partial charge is 0.309 e. The van der Waals surface area contributed by atoms with Gasteiger partial charge in [0.2, 0.25) is 0 Å². The fourth-order valence-corrected chi connectivity index (χ4v) is 2.42. The van der Waals surface area contributed by atoms with Crippen LogP contribution in [0.5, 0.6) is 0 Å². The number of nitrogens with zero attached hydrogens (tertiary/aromatic N) is 3. The van der Waals surface area contributed by atoms with E-state index < -0.39 is 0 Å². The van der Waals surface area contributed by atoms with Gasteiger partial charge in [0.05, 0.1) is 24.0 Å². The van der Waals surface area contributed by atoms with Gasteiger partial charge in [-0.2, -0.15) is 5.10 Å². The van der Waals surface area contributed by atoms with Crippen molar-refractivity contribution in [2.45, 2.75) is 13.0 Å². The number of hydrogen-bond donors (Lipinski definition) is 1. The van der Waals surface area contributed by atoms with Gasteiger partial charge in [0.15, 0.2) is 0 Å². The highest BCUT2D eigenvalue weighted by atomic mass is 19.1. The first kappa shape index (κ1) is 12.7. The number of aryl methyl sites for hydroxylation is 1. The van der Waals surface area contributed by atoms with Gasteiger partial charge in [0, 0.05) is 18.0 Å². The molecule has 0 spiro atoms. The summed E-state index contributed by atoms with van der Waals surface area (Å²) < 4.78 is 15.2. The third-order valence-electron chi connectivity index (χ3n) is 3.47. The van der Waals surface area contributed by atoms with E-state index in [2.05, 4.69) is 15.4 Å². The summed E-state index contributed by atoms with van der Waals surface area (Å²) in [4.78, 5) is 4.14. The molecule has 2 heterocycles. The summed E-state index contributed by atoms with van der Waals surface area (Å²) in [6.07, 6.45) is 7.10. The Labute approximate surface area is 116 Å². The van der Waals surface area contributed by atoms with Crippen LogP contribution in [0.2, 0.25) is 0 Å². The molecule has 1 atom stereocenters. The van der Waals surface area contributed by atoms with E-state index in [-0.39, 0.29) is 11.9 Å². The summed E-state index contributed by atoms with van der Waals surface area (Å²) >= 11 is 0. The molecule has 3 aromatic rings. The van der Waals surface area contributed by atoms with E-state index in [1.54, 1.807) is 29.9 Å². The Morgan fingerprint density at radius 1 is 1.30 bits per heavy atom. The fraction of sp³-hybridized carbons (Fsp3) is 0.200. The highest BCUT2D eigenvalue weighted by Gasteiger charge is 2.17. The number of hydrogen-bond acceptors (Lipinski definition) is 3. The second-order valence-electron chi connectivity index (χ2n) is 4.74. The number of nitrogens with one attached hydrogen (secondary N) is 1. The number of benzene rings is 1. The van der Waals surface area contributed by atoms with Crippen LogP contribution in [-0.4, -0.2) is 21.6 Å². The molecule has 0 amide bonds. The maximum atomic E-state index is 13.4. The van der Waals surface area contributed by atoms with Crippen LogP contribution < -0.4 is 5.32 Å². The van der Waals surface area contributed by atoms with Gasteiger partial charge in [-0.3, -0.25) is 4.98 Å². The molecule has 0 fully saturated rings. The lowest BCUT2D eigenvalue weighted by atomic mass is 9.98. The van der Waals surface area contributed by atoms with Crippen LogP contribution in [0.4, 0.5) is 4.39 Å². The lowest BCUT2D eigenvalue weighted by Gasteiger charge is -2.16. The highest BCUT2D eigenvalue weighted by molar-refractivity contribution is 5.55. The van der Waals surface area contributed by atoms with Crippen molar-refractivity contribution in [1.29, 1.82) is 0 Å². The Kier molecular flexibility index (Phi) is 3.20.